The lowest BCUT2D eigenvalue weighted by Crippen LogP contribution is -2.27. The summed E-state index contributed by atoms with van der Waals surface area (Å²) in [7, 11) is 0. The van der Waals surface area contributed by atoms with E-state index in [1.807, 2.05) is 4.90 Å². The lowest BCUT2D eigenvalue weighted by Gasteiger charge is -2.15. The van der Waals surface area contributed by atoms with Crippen LogP contribution in [0.25, 0.3) is 0 Å². The predicted octanol–water partition coefficient (Wildman–Crippen LogP) is 2.02. The molecule has 0 aromatic heterocycles. The van der Waals surface area contributed by atoms with Crippen molar-refractivity contribution in [3.05, 3.63) is 29.8 Å². The van der Waals surface area contributed by atoms with E-state index < -0.39 is 0 Å². The third-order valence-electron chi connectivity index (χ3n) is 3.62. The van der Waals surface area contributed by atoms with Gasteiger partial charge in [0.15, 0.2) is 0 Å². The van der Waals surface area contributed by atoms with Crippen LogP contribution in [-0.2, 0) is 4.79 Å². The number of aliphatic hydroxyl groups excluding tert-OH is 1. The number of amides is 2. The molecule has 0 spiro atoms. The monoisotopic (exact) mass is 290 g/mol. The van der Waals surface area contributed by atoms with Crippen LogP contribution in [0.2, 0.25) is 0 Å². The van der Waals surface area contributed by atoms with Crippen molar-refractivity contribution >= 4 is 17.5 Å². The Labute approximate surface area is 125 Å². The smallest absolute Gasteiger partial charge is 0.253 e. The van der Waals surface area contributed by atoms with E-state index in [0.29, 0.717) is 30.5 Å². The van der Waals surface area contributed by atoms with Gasteiger partial charge in [0, 0.05) is 37.4 Å². The molecule has 0 bridgehead atoms. The van der Waals surface area contributed by atoms with Gasteiger partial charge in [-0.25, -0.2) is 0 Å². The fraction of sp³-hybridized carbons (Fsp3) is 0.500. The summed E-state index contributed by atoms with van der Waals surface area (Å²) in [5.41, 5.74) is 1.36. The SMILES string of the molecule is O=C(CCCCO)Nc1ccc(C(=O)N2CCCC2)cc1. The Hall–Kier alpha value is -1.88. The van der Waals surface area contributed by atoms with Gasteiger partial charge in [0.2, 0.25) is 5.91 Å². The highest BCUT2D eigenvalue weighted by Crippen LogP contribution is 2.15. The molecule has 1 aromatic rings. The summed E-state index contributed by atoms with van der Waals surface area (Å²) in [4.78, 5) is 25.7. The molecule has 0 unspecified atom stereocenters. The molecule has 2 rings (SSSR count). The third-order valence-corrected chi connectivity index (χ3v) is 3.62. The van der Waals surface area contributed by atoms with Crippen molar-refractivity contribution in [2.75, 3.05) is 25.0 Å². The van der Waals surface area contributed by atoms with Crippen LogP contribution >= 0.6 is 0 Å². The number of likely N-dealkylation sites (tertiary alicyclic amines) is 1. The first-order valence-corrected chi connectivity index (χ1v) is 7.51. The molecule has 1 fully saturated rings. The van der Waals surface area contributed by atoms with Crippen LogP contribution in [0.5, 0.6) is 0 Å². The summed E-state index contributed by atoms with van der Waals surface area (Å²) >= 11 is 0. The lowest BCUT2D eigenvalue weighted by molar-refractivity contribution is -0.116. The van der Waals surface area contributed by atoms with Crippen molar-refractivity contribution in [3.8, 4) is 0 Å². The first-order chi connectivity index (χ1) is 10.2. The van der Waals surface area contributed by atoms with E-state index in [9.17, 15) is 9.59 Å². The highest BCUT2D eigenvalue weighted by atomic mass is 16.3. The van der Waals surface area contributed by atoms with Crippen molar-refractivity contribution in [1.82, 2.24) is 4.90 Å². The summed E-state index contributed by atoms with van der Waals surface area (Å²) in [6, 6.07) is 7.02. The lowest BCUT2D eigenvalue weighted by atomic mass is 10.1. The molecular formula is C16H22N2O3. The van der Waals surface area contributed by atoms with E-state index in [0.717, 1.165) is 25.9 Å². The van der Waals surface area contributed by atoms with E-state index in [2.05, 4.69) is 5.32 Å². The van der Waals surface area contributed by atoms with Crippen LogP contribution in [0.4, 0.5) is 5.69 Å². The number of benzene rings is 1. The Morgan fingerprint density at radius 1 is 1.10 bits per heavy atom. The molecule has 1 aromatic carbocycles. The van der Waals surface area contributed by atoms with Crippen LogP contribution < -0.4 is 5.32 Å². The first-order valence-electron chi connectivity index (χ1n) is 7.51. The average molecular weight is 290 g/mol. The second kappa shape index (κ2) is 7.78. The number of hydrogen-bond acceptors (Lipinski definition) is 3. The van der Waals surface area contributed by atoms with Crippen molar-refractivity contribution in [1.29, 1.82) is 0 Å². The van der Waals surface area contributed by atoms with Gasteiger partial charge < -0.3 is 15.3 Å². The topological polar surface area (TPSA) is 69.6 Å². The molecule has 2 amide bonds. The summed E-state index contributed by atoms with van der Waals surface area (Å²) < 4.78 is 0. The Morgan fingerprint density at radius 2 is 1.76 bits per heavy atom. The number of rotatable bonds is 6. The van der Waals surface area contributed by atoms with Crippen LogP contribution in [0.1, 0.15) is 42.5 Å². The largest absolute Gasteiger partial charge is 0.396 e. The zero-order valence-corrected chi connectivity index (χ0v) is 12.2. The number of aliphatic hydroxyl groups is 1. The molecule has 0 radical (unpaired) electrons. The number of carbonyl (C=O) groups excluding carboxylic acids is 2. The second-order valence-electron chi connectivity index (χ2n) is 5.31. The van der Waals surface area contributed by atoms with Crippen LogP contribution in [-0.4, -0.2) is 41.5 Å². The number of anilines is 1. The molecule has 21 heavy (non-hydrogen) atoms. The zero-order chi connectivity index (χ0) is 15.1. The maximum atomic E-state index is 12.2. The Bertz CT molecular complexity index is 479. The fourth-order valence-corrected chi connectivity index (χ4v) is 2.42. The zero-order valence-electron chi connectivity index (χ0n) is 12.2. The fourth-order valence-electron chi connectivity index (χ4n) is 2.42. The number of hydrogen-bond donors (Lipinski definition) is 2. The standard InChI is InChI=1S/C16H22N2O3/c19-12-4-1-5-15(20)17-14-8-6-13(7-9-14)16(21)18-10-2-3-11-18/h6-9,19H,1-5,10-12H2,(H,17,20). The summed E-state index contributed by atoms with van der Waals surface area (Å²) in [5.74, 6) is -0.00427. The van der Waals surface area contributed by atoms with Crippen LogP contribution in [0.15, 0.2) is 24.3 Å². The normalized spacial score (nSPS) is 14.2. The van der Waals surface area contributed by atoms with Gasteiger partial charge in [-0.3, -0.25) is 9.59 Å². The van der Waals surface area contributed by atoms with E-state index in [1.165, 1.54) is 0 Å². The molecule has 114 valence electrons. The highest BCUT2D eigenvalue weighted by molar-refractivity contribution is 5.95. The summed E-state index contributed by atoms with van der Waals surface area (Å²) in [6.07, 6.45) is 3.86. The molecule has 5 heteroatoms. The first kappa shape index (κ1) is 15.5. The second-order valence-corrected chi connectivity index (χ2v) is 5.31. The Balaban J connectivity index is 1.86. The summed E-state index contributed by atoms with van der Waals surface area (Å²) in [6.45, 7) is 1.78. The Morgan fingerprint density at radius 3 is 2.38 bits per heavy atom. The average Bonchev–Trinajstić information content (AvgIpc) is 3.02. The molecule has 1 saturated heterocycles. The van der Waals surface area contributed by atoms with Gasteiger partial charge in [0.1, 0.15) is 0 Å². The predicted molar refractivity (Wildman–Crippen MR) is 81.1 cm³/mol. The van der Waals surface area contributed by atoms with Gasteiger partial charge in [-0.2, -0.15) is 0 Å². The molecule has 2 N–H and O–H groups in total. The van der Waals surface area contributed by atoms with Gasteiger partial charge in [-0.1, -0.05) is 0 Å². The molecule has 0 aliphatic carbocycles. The van der Waals surface area contributed by atoms with Crippen molar-refractivity contribution in [3.63, 3.8) is 0 Å². The van der Waals surface area contributed by atoms with Gasteiger partial charge in [0.05, 0.1) is 0 Å². The molecule has 1 aliphatic heterocycles. The minimum absolute atomic E-state index is 0.0633. The van der Waals surface area contributed by atoms with Crippen LogP contribution in [0.3, 0.4) is 0 Å². The number of carbonyl (C=O) groups is 2. The molecule has 5 nitrogen and oxygen atoms in total. The van der Waals surface area contributed by atoms with E-state index >= 15 is 0 Å². The van der Waals surface area contributed by atoms with Gasteiger partial charge >= 0.3 is 0 Å². The highest BCUT2D eigenvalue weighted by Gasteiger charge is 2.19. The van der Waals surface area contributed by atoms with Crippen molar-refractivity contribution < 1.29 is 14.7 Å². The quantitative estimate of drug-likeness (QED) is 0.788. The van der Waals surface area contributed by atoms with Crippen molar-refractivity contribution in [2.24, 2.45) is 0 Å². The maximum absolute atomic E-state index is 12.2. The third kappa shape index (κ3) is 4.56. The van der Waals surface area contributed by atoms with E-state index in [1.54, 1.807) is 24.3 Å². The molecule has 0 saturated carbocycles. The van der Waals surface area contributed by atoms with E-state index in [4.69, 9.17) is 5.11 Å². The molecule has 0 atom stereocenters. The number of nitrogens with zero attached hydrogens (tertiary/aromatic N) is 1. The maximum Gasteiger partial charge on any atom is 0.253 e. The number of nitrogens with one attached hydrogen (secondary N) is 1. The minimum Gasteiger partial charge on any atom is -0.396 e. The molecule has 1 aliphatic rings. The van der Waals surface area contributed by atoms with Gasteiger partial charge in [0.25, 0.3) is 5.91 Å². The van der Waals surface area contributed by atoms with Gasteiger partial charge in [-0.15, -0.1) is 0 Å². The minimum atomic E-state index is -0.0675. The number of unbranched alkanes of at least 4 members (excludes halogenated alkanes) is 1. The van der Waals surface area contributed by atoms with Gasteiger partial charge in [-0.05, 0) is 49.9 Å². The summed E-state index contributed by atoms with van der Waals surface area (Å²) in [5, 5.41) is 11.5. The molecular weight excluding hydrogens is 268 g/mol. The molecule has 1 heterocycles. The van der Waals surface area contributed by atoms with Crippen molar-refractivity contribution in [2.45, 2.75) is 32.1 Å². The Kier molecular flexibility index (Phi) is 5.75. The van der Waals surface area contributed by atoms with Crippen LogP contribution in [0, 0.1) is 0 Å². The van der Waals surface area contributed by atoms with E-state index in [-0.39, 0.29) is 18.4 Å².